The number of hydrogen-bond acceptors (Lipinski definition) is 2. The fourth-order valence-corrected chi connectivity index (χ4v) is 2.18. The van der Waals surface area contributed by atoms with Crippen molar-refractivity contribution in [1.29, 1.82) is 0 Å². The van der Waals surface area contributed by atoms with Gasteiger partial charge in [-0.05, 0) is 42.8 Å². The number of halogens is 2. The van der Waals surface area contributed by atoms with Crippen molar-refractivity contribution in [2.75, 3.05) is 5.32 Å². The molecule has 2 aromatic rings. The van der Waals surface area contributed by atoms with Crippen molar-refractivity contribution >= 4 is 40.8 Å². The molecule has 6 heteroatoms. The van der Waals surface area contributed by atoms with E-state index in [4.69, 9.17) is 28.3 Å². The number of nitrogens with one attached hydrogen (secondary N) is 1. The average molecular weight is 324 g/mol. The standard InChI is InChI=1S/C15H11Cl2NO3/c1-8-2-3-9(16)6-11(8)14(19)18-13-5-4-10(17)7-12(13)15(20)21/h2-7H,1H3,(H,18,19)(H,20,21). The SMILES string of the molecule is Cc1ccc(Cl)cc1C(=O)Nc1ccc(Cl)cc1C(=O)O. The molecule has 0 bridgehead atoms. The molecule has 0 atom stereocenters. The van der Waals surface area contributed by atoms with Crippen LogP contribution in [-0.2, 0) is 0 Å². The molecule has 0 aliphatic heterocycles. The minimum atomic E-state index is -1.17. The van der Waals surface area contributed by atoms with Crippen LogP contribution in [0.25, 0.3) is 0 Å². The maximum atomic E-state index is 12.3. The zero-order valence-corrected chi connectivity index (χ0v) is 12.5. The molecule has 2 aromatic carbocycles. The Kier molecular flexibility index (Phi) is 4.50. The van der Waals surface area contributed by atoms with Crippen LogP contribution in [0.3, 0.4) is 0 Å². The third kappa shape index (κ3) is 3.54. The van der Waals surface area contributed by atoms with Crippen molar-refractivity contribution in [2.24, 2.45) is 0 Å². The van der Waals surface area contributed by atoms with Crippen molar-refractivity contribution in [3.63, 3.8) is 0 Å². The highest BCUT2D eigenvalue weighted by Crippen LogP contribution is 2.23. The van der Waals surface area contributed by atoms with E-state index in [1.165, 1.54) is 24.3 Å². The Bertz CT molecular complexity index is 729. The van der Waals surface area contributed by atoms with E-state index >= 15 is 0 Å². The van der Waals surface area contributed by atoms with E-state index in [-0.39, 0.29) is 16.3 Å². The molecule has 21 heavy (non-hydrogen) atoms. The molecular weight excluding hydrogens is 313 g/mol. The van der Waals surface area contributed by atoms with Gasteiger partial charge < -0.3 is 10.4 Å². The number of amides is 1. The van der Waals surface area contributed by atoms with Gasteiger partial charge in [-0.25, -0.2) is 4.79 Å². The number of carboxylic acids is 1. The lowest BCUT2D eigenvalue weighted by Gasteiger charge is -2.10. The average Bonchev–Trinajstić information content (AvgIpc) is 2.43. The molecule has 4 nitrogen and oxygen atoms in total. The number of carbonyl (C=O) groups is 2. The second-order valence-electron chi connectivity index (χ2n) is 4.41. The Morgan fingerprint density at radius 1 is 1.00 bits per heavy atom. The Morgan fingerprint density at radius 3 is 2.19 bits per heavy atom. The summed E-state index contributed by atoms with van der Waals surface area (Å²) in [4.78, 5) is 23.4. The van der Waals surface area contributed by atoms with E-state index in [9.17, 15) is 9.59 Å². The molecule has 2 N–H and O–H groups in total. The lowest BCUT2D eigenvalue weighted by Crippen LogP contribution is -2.16. The molecule has 0 aliphatic carbocycles. The van der Waals surface area contributed by atoms with Crippen LogP contribution in [0.2, 0.25) is 10.0 Å². The van der Waals surface area contributed by atoms with Crippen LogP contribution in [0.15, 0.2) is 36.4 Å². The molecule has 0 radical (unpaired) electrons. The summed E-state index contributed by atoms with van der Waals surface area (Å²) in [5.74, 6) is -1.60. The Morgan fingerprint density at radius 2 is 1.57 bits per heavy atom. The molecule has 0 spiro atoms. The smallest absolute Gasteiger partial charge is 0.337 e. The molecule has 0 unspecified atom stereocenters. The molecule has 2 rings (SSSR count). The summed E-state index contributed by atoms with van der Waals surface area (Å²) in [7, 11) is 0. The first-order valence-electron chi connectivity index (χ1n) is 5.99. The molecule has 0 saturated heterocycles. The molecule has 0 aliphatic rings. The van der Waals surface area contributed by atoms with Gasteiger partial charge in [-0.2, -0.15) is 0 Å². The molecule has 108 valence electrons. The van der Waals surface area contributed by atoms with Crippen LogP contribution in [0.1, 0.15) is 26.3 Å². The molecule has 0 heterocycles. The monoisotopic (exact) mass is 323 g/mol. The Labute approximate surface area is 131 Å². The molecular formula is C15H11Cl2NO3. The van der Waals surface area contributed by atoms with Gasteiger partial charge in [-0.15, -0.1) is 0 Å². The van der Waals surface area contributed by atoms with Crippen molar-refractivity contribution in [1.82, 2.24) is 0 Å². The van der Waals surface area contributed by atoms with E-state index in [1.807, 2.05) is 0 Å². The van der Waals surface area contributed by atoms with Gasteiger partial charge in [0, 0.05) is 15.6 Å². The highest BCUT2D eigenvalue weighted by Gasteiger charge is 2.15. The predicted molar refractivity (Wildman–Crippen MR) is 82.6 cm³/mol. The molecule has 0 aromatic heterocycles. The van der Waals surface area contributed by atoms with Crippen LogP contribution < -0.4 is 5.32 Å². The van der Waals surface area contributed by atoms with Crippen LogP contribution >= 0.6 is 23.2 Å². The number of aromatic carboxylic acids is 1. The molecule has 1 amide bonds. The second-order valence-corrected chi connectivity index (χ2v) is 5.28. The maximum Gasteiger partial charge on any atom is 0.337 e. The van der Waals surface area contributed by atoms with Gasteiger partial charge in [0.15, 0.2) is 0 Å². The number of rotatable bonds is 3. The van der Waals surface area contributed by atoms with Gasteiger partial charge >= 0.3 is 5.97 Å². The van der Waals surface area contributed by atoms with E-state index in [0.29, 0.717) is 10.6 Å². The van der Waals surface area contributed by atoms with E-state index < -0.39 is 11.9 Å². The highest BCUT2D eigenvalue weighted by molar-refractivity contribution is 6.31. The number of benzene rings is 2. The van der Waals surface area contributed by atoms with E-state index in [2.05, 4.69) is 5.32 Å². The molecule has 0 fully saturated rings. The number of aryl methyl sites for hydroxylation is 1. The van der Waals surface area contributed by atoms with Gasteiger partial charge in [0.1, 0.15) is 0 Å². The van der Waals surface area contributed by atoms with Crippen LogP contribution in [0.4, 0.5) is 5.69 Å². The van der Waals surface area contributed by atoms with Crippen LogP contribution in [0.5, 0.6) is 0 Å². The summed E-state index contributed by atoms with van der Waals surface area (Å²) in [6.45, 7) is 1.77. The second kappa shape index (κ2) is 6.16. The lowest BCUT2D eigenvalue weighted by molar-refractivity contribution is 0.0698. The fourth-order valence-electron chi connectivity index (χ4n) is 1.83. The summed E-state index contributed by atoms with van der Waals surface area (Å²) >= 11 is 11.6. The first-order chi connectivity index (χ1) is 9.88. The first-order valence-corrected chi connectivity index (χ1v) is 6.74. The van der Waals surface area contributed by atoms with Crippen molar-refractivity contribution in [3.05, 3.63) is 63.1 Å². The Balaban J connectivity index is 2.36. The van der Waals surface area contributed by atoms with Gasteiger partial charge in [0.25, 0.3) is 5.91 Å². The normalized spacial score (nSPS) is 10.2. The number of anilines is 1. The summed E-state index contributed by atoms with van der Waals surface area (Å²) < 4.78 is 0. The van der Waals surface area contributed by atoms with Gasteiger partial charge in [0.2, 0.25) is 0 Å². The highest BCUT2D eigenvalue weighted by atomic mass is 35.5. The Hall–Kier alpha value is -2.04. The minimum absolute atomic E-state index is 0.0736. The van der Waals surface area contributed by atoms with Gasteiger partial charge in [-0.3, -0.25) is 4.79 Å². The van der Waals surface area contributed by atoms with Crippen LogP contribution in [-0.4, -0.2) is 17.0 Å². The van der Waals surface area contributed by atoms with Crippen LogP contribution in [0, 0.1) is 6.92 Å². The van der Waals surface area contributed by atoms with Crippen molar-refractivity contribution in [2.45, 2.75) is 6.92 Å². The molecule has 0 saturated carbocycles. The topological polar surface area (TPSA) is 66.4 Å². The quantitative estimate of drug-likeness (QED) is 0.887. The van der Waals surface area contributed by atoms with Gasteiger partial charge in [-0.1, -0.05) is 29.3 Å². The predicted octanol–water partition coefficient (Wildman–Crippen LogP) is 4.25. The van der Waals surface area contributed by atoms with E-state index in [1.54, 1.807) is 19.1 Å². The van der Waals surface area contributed by atoms with Gasteiger partial charge in [0.05, 0.1) is 11.3 Å². The van der Waals surface area contributed by atoms with Crippen molar-refractivity contribution in [3.8, 4) is 0 Å². The fraction of sp³-hybridized carbons (Fsp3) is 0.0667. The van der Waals surface area contributed by atoms with E-state index in [0.717, 1.165) is 5.56 Å². The van der Waals surface area contributed by atoms with Crippen molar-refractivity contribution < 1.29 is 14.7 Å². The first kappa shape index (κ1) is 15.4. The third-order valence-electron chi connectivity index (χ3n) is 2.90. The minimum Gasteiger partial charge on any atom is -0.478 e. The summed E-state index contributed by atoms with van der Waals surface area (Å²) in [5, 5.41) is 12.4. The summed E-state index contributed by atoms with van der Waals surface area (Å²) in [5.41, 5.74) is 1.23. The lowest BCUT2D eigenvalue weighted by atomic mass is 10.1. The number of carboxylic acid groups (broad SMARTS) is 1. The summed E-state index contributed by atoms with van der Waals surface area (Å²) in [6.07, 6.45) is 0. The zero-order valence-electron chi connectivity index (χ0n) is 11.0. The third-order valence-corrected chi connectivity index (χ3v) is 3.37. The zero-order chi connectivity index (χ0) is 15.6. The number of hydrogen-bond donors (Lipinski definition) is 2. The largest absolute Gasteiger partial charge is 0.478 e. The maximum absolute atomic E-state index is 12.3. The number of carbonyl (C=O) groups excluding carboxylic acids is 1. The summed E-state index contributed by atoms with van der Waals surface area (Å²) in [6, 6.07) is 9.17.